The molecular formula is C6H7NO. The third-order valence-corrected chi connectivity index (χ3v) is 0.788. The van der Waals surface area contributed by atoms with Gasteiger partial charge in [-0.05, 0) is 13.8 Å². The van der Waals surface area contributed by atoms with Crippen molar-refractivity contribution < 1.29 is 4.79 Å². The molecule has 0 amide bonds. The average molecular weight is 109 g/mol. The molecule has 0 heterocycles. The van der Waals surface area contributed by atoms with E-state index in [0.717, 1.165) is 0 Å². The highest BCUT2D eigenvalue weighted by Crippen LogP contribution is 1.90. The van der Waals surface area contributed by atoms with Crippen LogP contribution >= 0.6 is 0 Å². The van der Waals surface area contributed by atoms with E-state index >= 15 is 0 Å². The Labute approximate surface area is 48.4 Å². The lowest BCUT2D eigenvalue weighted by Gasteiger charge is -1.82. The summed E-state index contributed by atoms with van der Waals surface area (Å²) >= 11 is 0. The summed E-state index contributed by atoms with van der Waals surface area (Å²) in [5.74, 6) is -0.171. The third kappa shape index (κ3) is 1.57. The van der Waals surface area contributed by atoms with Gasteiger partial charge in [-0.3, -0.25) is 4.79 Å². The topological polar surface area (TPSA) is 40.9 Å². The first-order valence-corrected chi connectivity index (χ1v) is 2.29. The molecule has 0 spiro atoms. The number of carbonyl (C=O) groups excluding carboxylic acids is 1. The van der Waals surface area contributed by atoms with E-state index in [4.69, 9.17) is 5.26 Å². The molecule has 0 aromatic heterocycles. The van der Waals surface area contributed by atoms with Crippen molar-refractivity contribution in [3.63, 3.8) is 0 Å². The SMILES string of the molecule is CC=C(C#N)C(C)=O. The zero-order valence-electron chi connectivity index (χ0n) is 4.93. The van der Waals surface area contributed by atoms with E-state index in [1.54, 1.807) is 13.0 Å². The van der Waals surface area contributed by atoms with Gasteiger partial charge in [-0.1, -0.05) is 6.08 Å². The predicted octanol–water partition coefficient (Wildman–Crippen LogP) is 1.05. The molecule has 42 valence electrons. The van der Waals surface area contributed by atoms with Crippen LogP contribution < -0.4 is 0 Å². The highest BCUT2D eigenvalue weighted by molar-refractivity contribution is 5.96. The van der Waals surface area contributed by atoms with Crippen molar-refractivity contribution in [1.29, 1.82) is 5.26 Å². The van der Waals surface area contributed by atoms with Crippen molar-refractivity contribution in [2.24, 2.45) is 0 Å². The Morgan fingerprint density at radius 3 is 2.25 bits per heavy atom. The van der Waals surface area contributed by atoms with Crippen LogP contribution in [0.1, 0.15) is 13.8 Å². The predicted molar refractivity (Wildman–Crippen MR) is 30.1 cm³/mol. The summed E-state index contributed by atoms with van der Waals surface area (Å²) in [4.78, 5) is 10.3. The van der Waals surface area contributed by atoms with Crippen LogP contribution in [-0.4, -0.2) is 5.78 Å². The number of carbonyl (C=O) groups is 1. The maximum absolute atomic E-state index is 10.3. The van der Waals surface area contributed by atoms with Gasteiger partial charge in [-0.15, -0.1) is 0 Å². The van der Waals surface area contributed by atoms with E-state index in [-0.39, 0.29) is 11.4 Å². The van der Waals surface area contributed by atoms with Crippen molar-refractivity contribution >= 4 is 5.78 Å². The lowest BCUT2D eigenvalue weighted by molar-refractivity contribution is -0.113. The number of nitriles is 1. The summed E-state index contributed by atoms with van der Waals surface area (Å²) in [5.41, 5.74) is 0.227. The number of rotatable bonds is 1. The first kappa shape index (κ1) is 6.90. The minimum absolute atomic E-state index is 0.171. The third-order valence-electron chi connectivity index (χ3n) is 0.788. The number of nitrogens with zero attached hydrogens (tertiary/aromatic N) is 1. The molecule has 0 aromatic carbocycles. The molecule has 0 aliphatic carbocycles. The van der Waals surface area contributed by atoms with Gasteiger partial charge in [0.2, 0.25) is 0 Å². The second-order valence-corrected chi connectivity index (χ2v) is 1.37. The molecule has 0 saturated heterocycles. The van der Waals surface area contributed by atoms with Crippen LogP contribution in [0.15, 0.2) is 11.6 Å². The maximum atomic E-state index is 10.3. The van der Waals surface area contributed by atoms with Gasteiger partial charge in [-0.25, -0.2) is 0 Å². The van der Waals surface area contributed by atoms with Crippen LogP contribution in [0.4, 0.5) is 0 Å². The quantitative estimate of drug-likeness (QED) is 0.373. The molecule has 0 aliphatic rings. The lowest BCUT2D eigenvalue weighted by Crippen LogP contribution is -1.91. The van der Waals surface area contributed by atoms with E-state index in [9.17, 15) is 4.79 Å². The van der Waals surface area contributed by atoms with Crippen LogP contribution in [0.3, 0.4) is 0 Å². The largest absolute Gasteiger partial charge is 0.294 e. The summed E-state index contributed by atoms with van der Waals surface area (Å²) in [7, 11) is 0. The number of ketones is 1. The molecule has 0 rings (SSSR count). The molecule has 8 heavy (non-hydrogen) atoms. The molecule has 0 aromatic rings. The van der Waals surface area contributed by atoms with Crippen molar-refractivity contribution in [2.75, 3.05) is 0 Å². The molecule has 0 bridgehead atoms. The first-order chi connectivity index (χ1) is 3.72. The van der Waals surface area contributed by atoms with E-state index in [2.05, 4.69) is 0 Å². The fourth-order valence-corrected chi connectivity index (χ4v) is 0.347. The number of hydrogen-bond acceptors (Lipinski definition) is 2. The molecule has 2 nitrogen and oxygen atoms in total. The molecular weight excluding hydrogens is 102 g/mol. The maximum Gasteiger partial charge on any atom is 0.169 e. The summed E-state index contributed by atoms with van der Waals surface area (Å²) < 4.78 is 0. The second kappa shape index (κ2) is 2.98. The minimum atomic E-state index is -0.171. The van der Waals surface area contributed by atoms with Gasteiger partial charge >= 0.3 is 0 Å². The number of Topliss-reactive ketones (excluding diaryl/α,β-unsaturated/α-hetero) is 1. The zero-order valence-corrected chi connectivity index (χ0v) is 4.93. The van der Waals surface area contributed by atoms with Crippen molar-refractivity contribution in [2.45, 2.75) is 13.8 Å². The Morgan fingerprint density at radius 2 is 2.25 bits per heavy atom. The van der Waals surface area contributed by atoms with Crippen molar-refractivity contribution in [3.05, 3.63) is 11.6 Å². The highest BCUT2D eigenvalue weighted by Gasteiger charge is 1.96. The van der Waals surface area contributed by atoms with E-state index in [1.165, 1.54) is 13.0 Å². The van der Waals surface area contributed by atoms with Gasteiger partial charge in [0.1, 0.15) is 6.07 Å². The second-order valence-electron chi connectivity index (χ2n) is 1.37. The van der Waals surface area contributed by atoms with Gasteiger partial charge < -0.3 is 0 Å². The van der Waals surface area contributed by atoms with E-state index in [1.807, 2.05) is 0 Å². The lowest BCUT2D eigenvalue weighted by atomic mass is 10.2. The Balaban J connectivity index is 4.20. The fraction of sp³-hybridized carbons (Fsp3) is 0.333. The van der Waals surface area contributed by atoms with Gasteiger partial charge in [0.25, 0.3) is 0 Å². The van der Waals surface area contributed by atoms with Crippen LogP contribution in [0, 0.1) is 11.3 Å². The van der Waals surface area contributed by atoms with Crippen molar-refractivity contribution in [1.82, 2.24) is 0 Å². The molecule has 0 atom stereocenters. The zero-order chi connectivity index (χ0) is 6.57. The fourth-order valence-electron chi connectivity index (χ4n) is 0.347. The average Bonchev–Trinajstić information content (AvgIpc) is 1.69. The van der Waals surface area contributed by atoms with Gasteiger partial charge in [0.15, 0.2) is 5.78 Å². The normalized spacial score (nSPS) is 10.4. The monoisotopic (exact) mass is 109 g/mol. The van der Waals surface area contributed by atoms with Gasteiger partial charge in [0.05, 0.1) is 5.57 Å². The number of allylic oxidation sites excluding steroid dienone is 2. The first-order valence-electron chi connectivity index (χ1n) is 2.29. The molecule has 0 fully saturated rings. The van der Waals surface area contributed by atoms with Gasteiger partial charge in [-0.2, -0.15) is 5.26 Å². The van der Waals surface area contributed by atoms with Crippen LogP contribution in [0.2, 0.25) is 0 Å². The molecule has 0 N–H and O–H groups in total. The molecule has 0 unspecified atom stereocenters. The Bertz CT molecular complexity index is 162. The van der Waals surface area contributed by atoms with Crippen LogP contribution in [0.25, 0.3) is 0 Å². The smallest absolute Gasteiger partial charge is 0.169 e. The molecule has 0 saturated carbocycles. The summed E-state index contributed by atoms with van der Waals surface area (Å²) in [6, 6.07) is 1.76. The summed E-state index contributed by atoms with van der Waals surface area (Å²) in [5, 5.41) is 8.16. The van der Waals surface area contributed by atoms with Crippen LogP contribution in [0.5, 0.6) is 0 Å². The van der Waals surface area contributed by atoms with Gasteiger partial charge in [0, 0.05) is 0 Å². The molecule has 0 radical (unpaired) electrons. The van der Waals surface area contributed by atoms with Crippen molar-refractivity contribution in [3.8, 4) is 6.07 Å². The Hall–Kier alpha value is -1.10. The summed E-state index contributed by atoms with van der Waals surface area (Å²) in [6.07, 6.45) is 1.50. The highest BCUT2D eigenvalue weighted by atomic mass is 16.1. The van der Waals surface area contributed by atoms with E-state index < -0.39 is 0 Å². The Morgan fingerprint density at radius 1 is 1.75 bits per heavy atom. The standard InChI is InChI=1S/C6H7NO/c1-3-6(4-7)5(2)8/h3H,1-2H3. The van der Waals surface area contributed by atoms with E-state index in [0.29, 0.717) is 0 Å². The number of hydrogen-bond donors (Lipinski definition) is 0. The minimum Gasteiger partial charge on any atom is -0.294 e. The Kier molecular flexibility index (Phi) is 2.57. The molecule has 0 aliphatic heterocycles. The summed E-state index contributed by atoms with van der Waals surface area (Å²) in [6.45, 7) is 3.04. The molecule has 2 heteroatoms. The van der Waals surface area contributed by atoms with Crippen LogP contribution in [-0.2, 0) is 4.79 Å².